The van der Waals surface area contributed by atoms with E-state index in [0.29, 0.717) is 11.8 Å². The first-order valence-corrected chi connectivity index (χ1v) is 10.3. The minimum atomic E-state index is -4.74. The number of aromatic nitrogens is 3. The lowest BCUT2D eigenvalue weighted by Crippen LogP contribution is -2.50. The number of benzene rings is 2. The summed E-state index contributed by atoms with van der Waals surface area (Å²) in [5, 5.41) is 7.58. The van der Waals surface area contributed by atoms with E-state index in [0.717, 1.165) is 22.0 Å². The normalized spacial score (nSPS) is 16.0. The summed E-state index contributed by atoms with van der Waals surface area (Å²) in [7, 11) is -4.07. The Kier molecular flexibility index (Phi) is 4.88. The molecule has 152 valence electrons. The Morgan fingerprint density at radius 1 is 1.07 bits per heavy atom. The van der Waals surface area contributed by atoms with Gasteiger partial charge in [0.2, 0.25) is 10.0 Å². The fourth-order valence-corrected chi connectivity index (χ4v) is 4.77. The van der Waals surface area contributed by atoms with Crippen molar-refractivity contribution < 1.29 is 21.6 Å². The molecule has 0 spiro atoms. The van der Waals surface area contributed by atoms with Gasteiger partial charge in [0, 0.05) is 18.7 Å². The van der Waals surface area contributed by atoms with Crippen LogP contribution in [-0.2, 0) is 16.2 Å². The van der Waals surface area contributed by atoms with E-state index in [1.165, 1.54) is 0 Å². The van der Waals surface area contributed by atoms with Crippen LogP contribution in [0, 0.1) is 0 Å². The second-order valence-corrected chi connectivity index (χ2v) is 8.91. The van der Waals surface area contributed by atoms with Crippen LogP contribution < -0.4 is 0 Å². The second kappa shape index (κ2) is 7.12. The number of halogens is 4. The molecule has 0 unspecified atom stereocenters. The van der Waals surface area contributed by atoms with Gasteiger partial charge in [-0.3, -0.25) is 0 Å². The lowest BCUT2D eigenvalue weighted by Gasteiger charge is -2.37. The smallest absolute Gasteiger partial charge is 0.246 e. The topological polar surface area (TPSA) is 68.1 Å². The van der Waals surface area contributed by atoms with Crippen molar-refractivity contribution in [3.8, 4) is 11.3 Å². The van der Waals surface area contributed by atoms with E-state index in [1.807, 2.05) is 30.3 Å². The summed E-state index contributed by atoms with van der Waals surface area (Å²) in [6.45, 7) is 0.174. The van der Waals surface area contributed by atoms with Crippen LogP contribution in [0.3, 0.4) is 0 Å². The summed E-state index contributed by atoms with van der Waals surface area (Å²) in [4.78, 5) is -0.448. The molecule has 1 fully saturated rings. The number of hydrogen-bond acceptors (Lipinski definition) is 4. The molecule has 1 aromatic heterocycles. The molecule has 0 bridgehead atoms. The van der Waals surface area contributed by atoms with Crippen LogP contribution in [-0.4, -0.2) is 40.8 Å². The molecule has 1 aliphatic rings. The van der Waals surface area contributed by atoms with E-state index >= 15 is 0 Å². The Morgan fingerprint density at radius 2 is 1.76 bits per heavy atom. The zero-order valence-electron chi connectivity index (χ0n) is 14.7. The molecule has 6 nitrogen and oxygen atoms in total. The van der Waals surface area contributed by atoms with Crippen LogP contribution >= 0.6 is 11.6 Å². The van der Waals surface area contributed by atoms with E-state index in [-0.39, 0.29) is 19.1 Å². The van der Waals surface area contributed by atoms with Crippen LogP contribution in [0.15, 0.2) is 59.6 Å². The predicted octanol–water partition coefficient (Wildman–Crippen LogP) is 3.86. The lowest BCUT2D eigenvalue weighted by atomic mass is 10.1. The molecule has 0 radical (unpaired) electrons. The highest BCUT2D eigenvalue weighted by molar-refractivity contribution is 7.89. The maximum atomic E-state index is 13.0. The molecule has 29 heavy (non-hydrogen) atoms. The standard InChI is InChI=1S/C18H14ClF3N4O2S/c19-16-7-6-14(8-15(16)18(20,21)22)29(27,28)25-9-13(10-25)26-11-17(23-24-26)12-4-2-1-3-5-12/h1-8,11,13H,9-10H2. The Balaban J connectivity index is 1.51. The molecule has 11 heteroatoms. The number of nitrogens with zero attached hydrogens (tertiary/aromatic N) is 4. The molecule has 0 aliphatic carbocycles. The maximum absolute atomic E-state index is 13.0. The summed E-state index contributed by atoms with van der Waals surface area (Å²) in [5.41, 5.74) is 0.351. The Labute approximate surface area is 169 Å². The first-order valence-electron chi connectivity index (χ1n) is 8.50. The minimum Gasteiger partial charge on any atom is -0.246 e. The summed E-state index contributed by atoms with van der Waals surface area (Å²) in [6.07, 6.45) is -3.03. The average molecular weight is 443 g/mol. The van der Waals surface area contributed by atoms with Crippen molar-refractivity contribution in [3.05, 3.63) is 65.3 Å². The first-order chi connectivity index (χ1) is 13.7. The van der Waals surface area contributed by atoms with Gasteiger partial charge in [0.1, 0.15) is 5.69 Å². The average Bonchev–Trinajstić information content (AvgIpc) is 3.10. The quantitative estimate of drug-likeness (QED) is 0.615. The van der Waals surface area contributed by atoms with E-state index in [1.54, 1.807) is 10.9 Å². The molecule has 1 aliphatic heterocycles. The largest absolute Gasteiger partial charge is 0.417 e. The summed E-state index contributed by atoms with van der Waals surface area (Å²) in [6, 6.07) is 11.7. The third-order valence-electron chi connectivity index (χ3n) is 4.66. The van der Waals surface area contributed by atoms with Gasteiger partial charge in [0.25, 0.3) is 0 Å². The Hall–Kier alpha value is -2.43. The number of hydrogen-bond donors (Lipinski definition) is 0. The fourth-order valence-electron chi connectivity index (χ4n) is 3.01. The van der Waals surface area contributed by atoms with E-state index < -0.39 is 31.7 Å². The highest BCUT2D eigenvalue weighted by Gasteiger charge is 2.40. The van der Waals surface area contributed by atoms with Gasteiger partial charge in [-0.1, -0.05) is 47.1 Å². The highest BCUT2D eigenvalue weighted by atomic mass is 35.5. The molecule has 4 rings (SSSR count). The van der Waals surface area contributed by atoms with Crippen molar-refractivity contribution in [1.29, 1.82) is 0 Å². The summed E-state index contributed by atoms with van der Waals surface area (Å²) < 4.78 is 67.1. The number of sulfonamides is 1. The van der Waals surface area contributed by atoms with Crippen molar-refractivity contribution in [2.75, 3.05) is 13.1 Å². The van der Waals surface area contributed by atoms with Gasteiger partial charge in [-0.15, -0.1) is 5.10 Å². The molecular weight excluding hydrogens is 429 g/mol. The monoisotopic (exact) mass is 442 g/mol. The molecule has 0 N–H and O–H groups in total. The second-order valence-electron chi connectivity index (χ2n) is 6.57. The zero-order chi connectivity index (χ0) is 20.8. The van der Waals surface area contributed by atoms with Crippen LogP contribution in [0.25, 0.3) is 11.3 Å². The molecular formula is C18H14ClF3N4O2S. The van der Waals surface area contributed by atoms with E-state index in [9.17, 15) is 21.6 Å². The van der Waals surface area contributed by atoms with Crippen molar-refractivity contribution >= 4 is 21.6 Å². The van der Waals surface area contributed by atoms with Gasteiger partial charge in [0.05, 0.1) is 27.7 Å². The summed E-state index contributed by atoms with van der Waals surface area (Å²) >= 11 is 5.57. The highest BCUT2D eigenvalue weighted by Crippen LogP contribution is 2.37. The molecule has 0 saturated carbocycles. The Bertz CT molecular complexity index is 1140. The van der Waals surface area contributed by atoms with Gasteiger partial charge >= 0.3 is 6.18 Å². The SMILES string of the molecule is O=S(=O)(c1ccc(Cl)c(C(F)(F)F)c1)N1CC(n2cc(-c3ccccc3)nn2)C1. The molecule has 0 atom stereocenters. The van der Waals surface area contributed by atoms with Crippen molar-refractivity contribution in [1.82, 2.24) is 19.3 Å². The van der Waals surface area contributed by atoms with Crippen LogP contribution in [0.5, 0.6) is 0 Å². The third-order valence-corrected chi connectivity index (χ3v) is 6.82. The third kappa shape index (κ3) is 3.75. The van der Waals surface area contributed by atoms with Gasteiger partial charge in [0.15, 0.2) is 0 Å². The Morgan fingerprint density at radius 3 is 2.41 bits per heavy atom. The first kappa shape index (κ1) is 19.9. The molecule has 3 aromatic rings. The lowest BCUT2D eigenvalue weighted by molar-refractivity contribution is -0.137. The minimum absolute atomic E-state index is 0.0872. The molecule has 2 aromatic carbocycles. The molecule has 0 amide bonds. The molecule has 2 heterocycles. The zero-order valence-corrected chi connectivity index (χ0v) is 16.3. The van der Waals surface area contributed by atoms with Crippen LogP contribution in [0.2, 0.25) is 5.02 Å². The van der Waals surface area contributed by atoms with Crippen molar-refractivity contribution in [2.24, 2.45) is 0 Å². The van der Waals surface area contributed by atoms with E-state index in [4.69, 9.17) is 11.6 Å². The van der Waals surface area contributed by atoms with Crippen LogP contribution in [0.1, 0.15) is 11.6 Å². The predicted molar refractivity (Wildman–Crippen MR) is 99.7 cm³/mol. The van der Waals surface area contributed by atoms with Gasteiger partial charge in [-0.05, 0) is 18.2 Å². The number of alkyl halides is 3. The van der Waals surface area contributed by atoms with Crippen LogP contribution in [0.4, 0.5) is 13.2 Å². The van der Waals surface area contributed by atoms with Gasteiger partial charge in [-0.25, -0.2) is 13.1 Å². The fraction of sp³-hybridized carbons (Fsp3) is 0.222. The van der Waals surface area contributed by atoms with Gasteiger partial charge < -0.3 is 0 Å². The van der Waals surface area contributed by atoms with Crippen molar-refractivity contribution in [2.45, 2.75) is 17.1 Å². The van der Waals surface area contributed by atoms with Gasteiger partial charge in [-0.2, -0.15) is 17.5 Å². The van der Waals surface area contributed by atoms with E-state index in [2.05, 4.69) is 10.3 Å². The molecule has 1 saturated heterocycles. The summed E-state index contributed by atoms with van der Waals surface area (Å²) in [5.74, 6) is 0. The van der Waals surface area contributed by atoms with Crippen molar-refractivity contribution in [3.63, 3.8) is 0 Å². The number of rotatable bonds is 4. The maximum Gasteiger partial charge on any atom is 0.417 e.